The molecular formula is C21H22O. The maximum Gasteiger partial charge on any atom is 0.193 e. The van der Waals surface area contributed by atoms with Gasteiger partial charge in [-0.05, 0) is 36.1 Å². The summed E-state index contributed by atoms with van der Waals surface area (Å²) in [6.07, 6.45) is 10.3. The summed E-state index contributed by atoms with van der Waals surface area (Å²) in [7, 11) is 0. The fourth-order valence-electron chi connectivity index (χ4n) is 2.24. The minimum Gasteiger partial charge on any atom is -0.289 e. The van der Waals surface area contributed by atoms with Gasteiger partial charge >= 0.3 is 0 Å². The van der Waals surface area contributed by atoms with Crippen molar-refractivity contribution in [3.05, 3.63) is 82.9 Å². The number of hydrogen-bond donors (Lipinski definition) is 0. The van der Waals surface area contributed by atoms with E-state index in [4.69, 9.17) is 0 Å². The van der Waals surface area contributed by atoms with E-state index in [1.165, 1.54) is 0 Å². The van der Waals surface area contributed by atoms with Crippen LogP contribution in [0, 0.1) is 0 Å². The van der Waals surface area contributed by atoms with Crippen molar-refractivity contribution in [3.8, 4) is 0 Å². The smallest absolute Gasteiger partial charge is 0.193 e. The number of allylic oxidation sites excluding steroid dienone is 2. The molecule has 0 saturated heterocycles. The minimum absolute atomic E-state index is 0.0681. The molecule has 1 heteroatoms. The van der Waals surface area contributed by atoms with Crippen LogP contribution in [0.25, 0.3) is 12.2 Å². The zero-order valence-corrected chi connectivity index (χ0v) is 13.3. The molecule has 0 bridgehead atoms. The van der Waals surface area contributed by atoms with E-state index in [1.807, 2.05) is 48.5 Å². The number of carbonyl (C=O) groups is 1. The lowest BCUT2D eigenvalue weighted by Gasteiger charge is -2.04. The number of ketones is 1. The fourth-order valence-corrected chi connectivity index (χ4v) is 2.24. The standard InChI is InChI=1S/C21H22O/c1-3-5-9-17-11-7-13-19(15-17)21(22)20-14-8-12-18(16-20)10-6-4-2/h5-16H,3-4H2,1-2H3. The molecule has 0 spiro atoms. The Kier molecular flexibility index (Phi) is 5.91. The molecule has 0 fully saturated rings. The lowest BCUT2D eigenvalue weighted by molar-refractivity contribution is 0.103. The lowest BCUT2D eigenvalue weighted by atomic mass is 9.99. The van der Waals surface area contributed by atoms with Gasteiger partial charge in [0.25, 0.3) is 0 Å². The van der Waals surface area contributed by atoms with Crippen LogP contribution < -0.4 is 0 Å². The molecule has 0 aliphatic heterocycles. The van der Waals surface area contributed by atoms with Crippen LogP contribution in [0.1, 0.15) is 53.7 Å². The van der Waals surface area contributed by atoms with Gasteiger partial charge in [-0.1, -0.05) is 74.5 Å². The van der Waals surface area contributed by atoms with Crippen LogP contribution in [0.5, 0.6) is 0 Å². The molecule has 0 heterocycles. The van der Waals surface area contributed by atoms with E-state index in [-0.39, 0.29) is 5.78 Å². The summed E-state index contributed by atoms with van der Waals surface area (Å²) in [5.41, 5.74) is 3.59. The van der Waals surface area contributed by atoms with Crippen LogP contribution in [0.15, 0.2) is 60.7 Å². The van der Waals surface area contributed by atoms with E-state index in [1.54, 1.807) is 0 Å². The van der Waals surface area contributed by atoms with Crippen LogP contribution in [0.3, 0.4) is 0 Å². The van der Waals surface area contributed by atoms with Crippen LogP contribution >= 0.6 is 0 Å². The number of hydrogen-bond acceptors (Lipinski definition) is 1. The van der Waals surface area contributed by atoms with Crippen molar-refractivity contribution in [2.24, 2.45) is 0 Å². The first-order valence-electron chi connectivity index (χ1n) is 7.82. The van der Waals surface area contributed by atoms with Gasteiger partial charge in [0.2, 0.25) is 0 Å². The van der Waals surface area contributed by atoms with Crippen molar-refractivity contribution in [2.45, 2.75) is 26.7 Å². The lowest BCUT2D eigenvalue weighted by Crippen LogP contribution is -2.01. The average Bonchev–Trinajstić information content (AvgIpc) is 2.58. The van der Waals surface area contributed by atoms with Gasteiger partial charge < -0.3 is 0 Å². The molecule has 112 valence electrons. The van der Waals surface area contributed by atoms with Gasteiger partial charge in [-0.3, -0.25) is 4.79 Å². The van der Waals surface area contributed by atoms with Crippen LogP contribution in [-0.4, -0.2) is 5.78 Å². The van der Waals surface area contributed by atoms with Crippen molar-refractivity contribution < 1.29 is 4.79 Å². The molecule has 0 saturated carbocycles. The van der Waals surface area contributed by atoms with E-state index >= 15 is 0 Å². The molecule has 22 heavy (non-hydrogen) atoms. The Labute approximate surface area is 133 Å². The molecule has 0 atom stereocenters. The van der Waals surface area contributed by atoms with Crippen molar-refractivity contribution >= 4 is 17.9 Å². The highest BCUT2D eigenvalue weighted by molar-refractivity contribution is 6.09. The molecule has 2 rings (SSSR count). The summed E-state index contributed by atoms with van der Waals surface area (Å²) in [4.78, 5) is 12.7. The Morgan fingerprint density at radius 1 is 0.818 bits per heavy atom. The summed E-state index contributed by atoms with van der Waals surface area (Å²) < 4.78 is 0. The molecule has 2 aromatic rings. The second kappa shape index (κ2) is 8.14. The summed E-state index contributed by atoms with van der Waals surface area (Å²) in [5, 5.41) is 0. The minimum atomic E-state index is 0.0681. The Balaban J connectivity index is 2.28. The predicted molar refractivity (Wildman–Crippen MR) is 95.0 cm³/mol. The van der Waals surface area contributed by atoms with E-state index in [2.05, 4.69) is 38.2 Å². The molecule has 0 amide bonds. The molecule has 0 radical (unpaired) electrons. The van der Waals surface area contributed by atoms with E-state index in [0.717, 1.165) is 35.1 Å². The zero-order chi connectivity index (χ0) is 15.8. The van der Waals surface area contributed by atoms with Gasteiger partial charge in [0.05, 0.1) is 0 Å². The second-order valence-corrected chi connectivity index (χ2v) is 5.20. The molecule has 2 aromatic carbocycles. The van der Waals surface area contributed by atoms with Crippen LogP contribution in [0.2, 0.25) is 0 Å². The summed E-state index contributed by atoms with van der Waals surface area (Å²) >= 11 is 0. The summed E-state index contributed by atoms with van der Waals surface area (Å²) in [5.74, 6) is 0.0681. The van der Waals surface area contributed by atoms with Crippen LogP contribution in [-0.2, 0) is 0 Å². The van der Waals surface area contributed by atoms with E-state index in [9.17, 15) is 4.79 Å². The third-order valence-corrected chi connectivity index (χ3v) is 3.39. The largest absolute Gasteiger partial charge is 0.289 e. The average molecular weight is 290 g/mol. The maximum absolute atomic E-state index is 12.7. The van der Waals surface area contributed by atoms with Crippen molar-refractivity contribution in [1.82, 2.24) is 0 Å². The third-order valence-electron chi connectivity index (χ3n) is 3.39. The summed E-state index contributed by atoms with van der Waals surface area (Å²) in [6.45, 7) is 4.20. The normalized spacial score (nSPS) is 11.4. The number of rotatable bonds is 6. The Morgan fingerprint density at radius 3 is 1.68 bits per heavy atom. The molecule has 0 unspecified atom stereocenters. The molecule has 0 aliphatic carbocycles. The number of carbonyl (C=O) groups excluding carboxylic acids is 1. The highest BCUT2D eigenvalue weighted by Gasteiger charge is 2.09. The van der Waals surface area contributed by atoms with Gasteiger partial charge in [-0.15, -0.1) is 0 Å². The molecular weight excluding hydrogens is 268 g/mol. The van der Waals surface area contributed by atoms with E-state index < -0.39 is 0 Å². The SMILES string of the molecule is CCC=Cc1cccc(C(=O)c2cccc(C=CCC)c2)c1. The van der Waals surface area contributed by atoms with Gasteiger partial charge in [0, 0.05) is 11.1 Å². The quantitative estimate of drug-likeness (QED) is 0.618. The van der Waals surface area contributed by atoms with Crippen molar-refractivity contribution in [2.75, 3.05) is 0 Å². The molecule has 1 nitrogen and oxygen atoms in total. The fraction of sp³-hybridized carbons (Fsp3) is 0.190. The highest BCUT2D eigenvalue weighted by Crippen LogP contribution is 2.15. The van der Waals surface area contributed by atoms with Crippen molar-refractivity contribution in [3.63, 3.8) is 0 Å². The Hall–Kier alpha value is -2.41. The topological polar surface area (TPSA) is 17.1 Å². The first-order valence-corrected chi connectivity index (χ1v) is 7.82. The zero-order valence-electron chi connectivity index (χ0n) is 13.3. The maximum atomic E-state index is 12.7. The molecule has 0 aliphatic rings. The number of benzene rings is 2. The monoisotopic (exact) mass is 290 g/mol. The van der Waals surface area contributed by atoms with Gasteiger partial charge in [-0.2, -0.15) is 0 Å². The predicted octanol–water partition coefficient (Wildman–Crippen LogP) is 5.76. The van der Waals surface area contributed by atoms with Crippen molar-refractivity contribution in [1.29, 1.82) is 0 Å². The van der Waals surface area contributed by atoms with E-state index in [0.29, 0.717) is 0 Å². The summed E-state index contributed by atoms with van der Waals surface area (Å²) in [6, 6.07) is 15.5. The van der Waals surface area contributed by atoms with Gasteiger partial charge in [-0.25, -0.2) is 0 Å². The first-order chi connectivity index (χ1) is 10.7. The second-order valence-electron chi connectivity index (χ2n) is 5.20. The molecule has 0 N–H and O–H groups in total. The Bertz CT molecular complexity index is 633. The highest BCUT2D eigenvalue weighted by atomic mass is 16.1. The Morgan fingerprint density at radius 2 is 1.27 bits per heavy atom. The van der Waals surface area contributed by atoms with Gasteiger partial charge in [0.1, 0.15) is 0 Å². The third kappa shape index (κ3) is 4.29. The molecule has 0 aromatic heterocycles. The van der Waals surface area contributed by atoms with Crippen LogP contribution in [0.4, 0.5) is 0 Å². The first kappa shape index (κ1) is 16.0. The van der Waals surface area contributed by atoms with Gasteiger partial charge in [0.15, 0.2) is 5.78 Å².